The predicted octanol–water partition coefficient (Wildman–Crippen LogP) is 1.11. The highest BCUT2D eigenvalue weighted by Crippen LogP contribution is 2.20. The van der Waals surface area contributed by atoms with Crippen molar-refractivity contribution in [3.8, 4) is 6.07 Å². The van der Waals surface area contributed by atoms with Gasteiger partial charge >= 0.3 is 0 Å². The molecule has 2 rings (SSSR count). The van der Waals surface area contributed by atoms with E-state index in [1.54, 1.807) is 13.2 Å². The molecular formula is C13H17N3O2. The molecule has 0 amide bonds. The smallest absolute Gasteiger partial charge is 0.142 e. The molecular weight excluding hydrogens is 230 g/mol. The van der Waals surface area contributed by atoms with Gasteiger partial charge in [0.1, 0.15) is 17.6 Å². The predicted molar refractivity (Wildman–Crippen MR) is 67.5 cm³/mol. The van der Waals surface area contributed by atoms with Crippen molar-refractivity contribution in [2.75, 3.05) is 38.3 Å². The molecule has 1 aromatic heterocycles. The molecule has 0 spiro atoms. The van der Waals surface area contributed by atoms with Crippen LogP contribution in [0.5, 0.6) is 0 Å². The molecule has 2 heterocycles. The molecule has 1 fully saturated rings. The summed E-state index contributed by atoms with van der Waals surface area (Å²) in [4.78, 5) is 6.53. The van der Waals surface area contributed by atoms with Crippen molar-refractivity contribution in [1.29, 1.82) is 5.26 Å². The Balaban J connectivity index is 2.17. The molecule has 5 heteroatoms. The Hall–Kier alpha value is -1.64. The van der Waals surface area contributed by atoms with E-state index in [1.807, 2.05) is 13.0 Å². The third-order valence-electron chi connectivity index (χ3n) is 2.98. The SMILES string of the molecule is COC[C@@H]1CN(c2nc(C#N)ccc2C)CCO1. The Bertz CT molecular complexity index is 454. The van der Waals surface area contributed by atoms with Crippen molar-refractivity contribution in [3.63, 3.8) is 0 Å². The van der Waals surface area contributed by atoms with Gasteiger partial charge in [-0.1, -0.05) is 6.07 Å². The van der Waals surface area contributed by atoms with Crippen LogP contribution in [-0.2, 0) is 9.47 Å². The summed E-state index contributed by atoms with van der Waals surface area (Å²) in [6.45, 7) is 4.78. The zero-order chi connectivity index (χ0) is 13.0. The lowest BCUT2D eigenvalue weighted by Gasteiger charge is -2.34. The van der Waals surface area contributed by atoms with E-state index in [-0.39, 0.29) is 6.10 Å². The van der Waals surface area contributed by atoms with Gasteiger partial charge in [0.15, 0.2) is 0 Å². The largest absolute Gasteiger partial charge is 0.382 e. The lowest BCUT2D eigenvalue weighted by atomic mass is 10.2. The number of hydrogen-bond acceptors (Lipinski definition) is 5. The van der Waals surface area contributed by atoms with Crippen molar-refractivity contribution in [3.05, 3.63) is 23.4 Å². The van der Waals surface area contributed by atoms with Gasteiger partial charge in [0.2, 0.25) is 0 Å². The van der Waals surface area contributed by atoms with Gasteiger partial charge in [-0.05, 0) is 18.6 Å². The molecule has 1 saturated heterocycles. The fraction of sp³-hybridized carbons (Fsp3) is 0.538. The highest BCUT2D eigenvalue weighted by Gasteiger charge is 2.22. The lowest BCUT2D eigenvalue weighted by molar-refractivity contribution is -0.0102. The van der Waals surface area contributed by atoms with Gasteiger partial charge < -0.3 is 14.4 Å². The van der Waals surface area contributed by atoms with E-state index in [0.717, 1.165) is 24.5 Å². The molecule has 1 aliphatic heterocycles. The molecule has 1 aliphatic rings. The van der Waals surface area contributed by atoms with E-state index in [2.05, 4.69) is 16.0 Å². The number of aryl methyl sites for hydroxylation is 1. The fourth-order valence-electron chi connectivity index (χ4n) is 2.10. The number of morpholine rings is 1. The van der Waals surface area contributed by atoms with Crippen molar-refractivity contribution in [2.24, 2.45) is 0 Å². The molecule has 0 aliphatic carbocycles. The topological polar surface area (TPSA) is 58.4 Å². The number of methoxy groups -OCH3 is 1. The van der Waals surface area contributed by atoms with E-state index < -0.39 is 0 Å². The number of rotatable bonds is 3. The van der Waals surface area contributed by atoms with Gasteiger partial charge in [0, 0.05) is 20.2 Å². The second kappa shape index (κ2) is 5.80. The number of aromatic nitrogens is 1. The van der Waals surface area contributed by atoms with Gasteiger partial charge in [0.05, 0.1) is 19.3 Å². The van der Waals surface area contributed by atoms with Crippen LogP contribution in [0, 0.1) is 18.3 Å². The second-order valence-corrected chi connectivity index (χ2v) is 4.34. The highest BCUT2D eigenvalue weighted by molar-refractivity contribution is 5.49. The van der Waals surface area contributed by atoms with Crippen LogP contribution in [-0.4, -0.2) is 44.5 Å². The maximum absolute atomic E-state index is 8.91. The molecule has 18 heavy (non-hydrogen) atoms. The molecule has 1 aromatic rings. The number of hydrogen-bond donors (Lipinski definition) is 0. The summed E-state index contributed by atoms with van der Waals surface area (Å²) >= 11 is 0. The summed E-state index contributed by atoms with van der Waals surface area (Å²) in [5.41, 5.74) is 1.53. The average molecular weight is 247 g/mol. The first-order chi connectivity index (χ1) is 8.74. The molecule has 0 saturated carbocycles. The first-order valence-electron chi connectivity index (χ1n) is 5.98. The summed E-state index contributed by atoms with van der Waals surface area (Å²) < 4.78 is 10.7. The van der Waals surface area contributed by atoms with Crippen molar-refractivity contribution < 1.29 is 9.47 Å². The summed E-state index contributed by atoms with van der Waals surface area (Å²) in [5.74, 6) is 0.874. The van der Waals surface area contributed by atoms with E-state index in [9.17, 15) is 0 Å². The van der Waals surface area contributed by atoms with Crippen LogP contribution >= 0.6 is 0 Å². The van der Waals surface area contributed by atoms with E-state index >= 15 is 0 Å². The summed E-state index contributed by atoms with van der Waals surface area (Å²) in [5, 5.41) is 8.91. The number of nitriles is 1. The molecule has 5 nitrogen and oxygen atoms in total. The van der Waals surface area contributed by atoms with Crippen LogP contribution in [0.1, 0.15) is 11.3 Å². The van der Waals surface area contributed by atoms with Crippen LogP contribution in [0.2, 0.25) is 0 Å². The Morgan fingerprint density at radius 3 is 3.17 bits per heavy atom. The van der Waals surface area contributed by atoms with Gasteiger partial charge in [0.25, 0.3) is 0 Å². The van der Waals surface area contributed by atoms with Crippen molar-refractivity contribution in [1.82, 2.24) is 4.98 Å². The summed E-state index contributed by atoms with van der Waals surface area (Å²) in [6.07, 6.45) is 0.0655. The normalized spacial score (nSPS) is 19.6. The van der Waals surface area contributed by atoms with Crippen LogP contribution in [0.25, 0.3) is 0 Å². The van der Waals surface area contributed by atoms with Crippen LogP contribution in [0.15, 0.2) is 12.1 Å². The standard InChI is InChI=1S/C13H17N3O2/c1-10-3-4-11(7-14)15-13(10)16-5-6-18-12(8-16)9-17-2/h3-4,12H,5-6,8-9H2,1-2H3/t12-/m0/s1. The van der Waals surface area contributed by atoms with E-state index in [4.69, 9.17) is 14.7 Å². The third kappa shape index (κ3) is 2.78. The number of ether oxygens (including phenoxy) is 2. The maximum Gasteiger partial charge on any atom is 0.142 e. The zero-order valence-electron chi connectivity index (χ0n) is 10.7. The van der Waals surface area contributed by atoms with Crippen molar-refractivity contribution >= 4 is 5.82 Å². The van der Waals surface area contributed by atoms with Crippen LogP contribution in [0.4, 0.5) is 5.82 Å². The number of nitrogens with zero attached hydrogens (tertiary/aromatic N) is 3. The molecule has 0 unspecified atom stereocenters. The molecule has 96 valence electrons. The Labute approximate surface area is 107 Å². The maximum atomic E-state index is 8.91. The molecule has 0 bridgehead atoms. The summed E-state index contributed by atoms with van der Waals surface area (Å²) in [6, 6.07) is 5.75. The fourth-order valence-corrected chi connectivity index (χ4v) is 2.10. The quantitative estimate of drug-likeness (QED) is 0.801. The average Bonchev–Trinajstić information content (AvgIpc) is 2.40. The minimum atomic E-state index is 0.0655. The Kier molecular flexibility index (Phi) is 4.13. The van der Waals surface area contributed by atoms with E-state index in [0.29, 0.717) is 18.9 Å². The number of pyridine rings is 1. The Morgan fingerprint density at radius 2 is 2.44 bits per heavy atom. The minimum Gasteiger partial charge on any atom is -0.382 e. The van der Waals surface area contributed by atoms with Gasteiger partial charge in [-0.15, -0.1) is 0 Å². The number of anilines is 1. The van der Waals surface area contributed by atoms with Gasteiger partial charge in [-0.2, -0.15) is 5.26 Å². The monoisotopic (exact) mass is 247 g/mol. The van der Waals surface area contributed by atoms with Crippen LogP contribution < -0.4 is 4.90 Å². The van der Waals surface area contributed by atoms with E-state index in [1.165, 1.54) is 0 Å². The zero-order valence-corrected chi connectivity index (χ0v) is 10.7. The first kappa shape index (κ1) is 12.8. The summed E-state index contributed by atoms with van der Waals surface area (Å²) in [7, 11) is 1.67. The molecule has 0 radical (unpaired) electrons. The second-order valence-electron chi connectivity index (χ2n) is 4.34. The minimum absolute atomic E-state index is 0.0655. The van der Waals surface area contributed by atoms with Gasteiger partial charge in [-0.3, -0.25) is 0 Å². The lowest BCUT2D eigenvalue weighted by Crippen LogP contribution is -2.45. The first-order valence-corrected chi connectivity index (χ1v) is 5.98. The third-order valence-corrected chi connectivity index (χ3v) is 2.98. The Morgan fingerprint density at radius 1 is 1.61 bits per heavy atom. The molecule has 0 N–H and O–H groups in total. The molecule has 1 atom stereocenters. The van der Waals surface area contributed by atoms with Crippen LogP contribution in [0.3, 0.4) is 0 Å². The van der Waals surface area contributed by atoms with Crippen molar-refractivity contribution in [2.45, 2.75) is 13.0 Å². The molecule has 0 aromatic carbocycles. The van der Waals surface area contributed by atoms with Gasteiger partial charge in [-0.25, -0.2) is 4.98 Å². The highest BCUT2D eigenvalue weighted by atomic mass is 16.5.